The molecule has 5 atom stereocenters. The van der Waals surface area contributed by atoms with Crippen molar-refractivity contribution in [1.29, 1.82) is 0 Å². The summed E-state index contributed by atoms with van der Waals surface area (Å²) in [7, 11) is 1.71. The Balaban J connectivity index is 2.02. The zero-order valence-corrected chi connectivity index (χ0v) is 18.9. The Hall–Kier alpha value is -2.21. The molecule has 30 heavy (non-hydrogen) atoms. The summed E-state index contributed by atoms with van der Waals surface area (Å²) in [4.78, 5) is 38.6. The van der Waals surface area contributed by atoms with Crippen LogP contribution in [0.3, 0.4) is 0 Å². The summed E-state index contributed by atoms with van der Waals surface area (Å²) in [6.07, 6.45) is 2.16. The van der Waals surface area contributed by atoms with E-state index >= 15 is 0 Å². The Bertz CT molecular complexity index is 720. The normalized spacial score (nSPS) is 23.1. The summed E-state index contributed by atoms with van der Waals surface area (Å²) in [6, 6.07) is 9.07. The van der Waals surface area contributed by atoms with Gasteiger partial charge in [0.1, 0.15) is 0 Å². The predicted octanol–water partition coefficient (Wildman–Crippen LogP) is 2.33. The molecule has 3 N–H and O–H groups in total. The van der Waals surface area contributed by atoms with Crippen molar-refractivity contribution in [2.75, 3.05) is 13.6 Å². The van der Waals surface area contributed by atoms with Gasteiger partial charge in [-0.2, -0.15) is 0 Å². The Morgan fingerprint density at radius 3 is 2.27 bits per heavy atom. The second-order valence-corrected chi connectivity index (χ2v) is 8.96. The Labute approximate surface area is 180 Å². The fourth-order valence-electron chi connectivity index (χ4n) is 4.21. The van der Waals surface area contributed by atoms with Crippen LogP contribution >= 0.6 is 0 Å². The van der Waals surface area contributed by atoms with Crippen molar-refractivity contribution < 1.29 is 14.4 Å². The van der Waals surface area contributed by atoms with Gasteiger partial charge >= 0.3 is 0 Å². The molecule has 1 aliphatic carbocycles. The molecule has 1 aromatic carbocycles. The van der Waals surface area contributed by atoms with Crippen molar-refractivity contribution in [2.45, 2.75) is 59.0 Å². The fraction of sp³-hybridized carbons (Fsp3) is 0.625. The van der Waals surface area contributed by atoms with E-state index in [1.54, 1.807) is 14.0 Å². The van der Waals surface area contributed by atoms with Crippen LogP contribution in [0.15, 0.2) is 30.3 Å². The maximum absolute atomic E-state index is 13.4. The van der Waals surface area contributed by atoms with Gasteiger partial charge in [0.2, 0.25) is 11.8 Å². The van der Waals surface area contributed by atoms with Crippen molar-refractivity contribution in [3.05, 3.63) is 35.9 Å². The first-order chi connectivity index (χ1) is 14.2. The molecule has 0 bridgehead atoms. The van der Waals surface area contributed by atoms with Crippen molar-refractivity contribution in [2.24, 2.45) is 23.7 Å². The molecule has 1 aromatic rings. The van der Waals surface area contributed by atoms with Gasteiger partial charge in [0.05, 0.1) is 12.1 Å². The van der Waals surface area contributed by atoms with Gasteiger partial charge in [-0.05, 0) is 50.6 Å². The topological polar surface area (TPSA) is 87.3 Å². The SMILES string of the molecule is CN[C@@H](C)C(=O)N[C@H](C(=O)C1C[C@@H](C)C[C@H]1C(=O)NCCc1ccccc1)C(C)C. The highest BCUT2D eigenvalue weighted by atomic mass is 16.2. The van der Waals surface area contributed by atoms with Crippen LogP contribution < -0.4 is 16.0 Å². The van der Waals surface area contributed by atoms with E-state index < -0.39 is 6.04 Å². The van der Waals surface area contributed by atoms with Gasteiger partial charge in [-0.1, -0.05) is 51.1 Å². The fourth-order valence-corrected chi connectivity index (χ4v) is 4.21. The molecule has 0 heterocycles. The molecule has 1 unspecified atom stereocenters. The summed E-state index contributed by atoms with van der Waals surface area (Å²) in [6.45, 7) is 8.26. The molecular weight excluding hydrogens is 378 g/mol. The van der Waals surface area contributed by atoms with Crippen molar-refractivity contribution in [3.63, 3.8) is 0 Å². The van der Waals surface area contributed by atoms with Gasteiger partial charge < -0.3 is 16.0 Å². The standard InChI is InChI=1S/C24H37N3O3/c1-15(2)21(27-23(29)17(4)25-5)22(28)19-13-16(3)14-20(19)24(30)26-12-11-18-9-7-6-8-10-18/h6-10,15-17,19-21,25H,11-14H2,1-5H3,(H,26,30)(H,27,29)/t16-,17+,19?,20-,21+/m1/s1. The molecular formula is C24H37N3O3. The van der Waals surface area contributed by atoms with Gasteiger partial charge in [0, 0.05) is 18.4 Å². The monoisotopic (exact) mass is 415 g/mol. The molecule has 166 valence electrons. The Kier molecular flexibility index (Phi) is 9.03. The van der Waals surface area contributed by atoms with Crippen LogP contribution in [0.4, 0.5) is 0 Å². The Morgan fingerprint density at radius 2 is 1.67 bits per heavy atom. The van der Waals surface area contributed by atoms with Gasteiger partial charge in [-0.3, -0.25) is 14.4 Å². The summed E-state index contributed by atoms with van der Waals surface area (Å²) >= 11 is 0. The molecule has 2 rings (SSSR count). The van der Waals surface area contributed by atoms with Gasteiger partial charge in [-0.15, -0.1) is 0 Å². The number of nitrogens with one attached hydrogen (secondary N) is 3. The number of hydrogen-bond acceptors (Lipinski definition) is 4. The van der Waals surface area contributed by atoms with E-state index in [0.29, 0.717) is 25.3 Å². The highest BCUT2D eigenvalue weighted by Crippen LogP contribution is 2.38. The number of carbonyl (C=O) groups excluding carboxylic acids is 3. The van der Waals surface area contributed by atoms with Crippen LogP contribution in [0, 0.1) is 23.7 Å². The molecule has 1 aliphatic rings. The lowest BCUT2D eigenvalue weighted by atomic mass is 9.84. The highest BCUT2D eigenvalue weighted by Gasteiger charge is 2.44. The predicted molar refractivity (Wildman–Crippen MR) is 119 cm³/mol. The molecule has 2 amide bonds. The molecule has 6 nitrogen and oxygen atoms in total. The number of ketones is 1. The van der Waals surface area contributed by atoms with Crippen LogP contribution in [0.2, 0.25) is 0 Å². The summed E-state index contributed by atoms with van der Waals surface area (Å²) in [5, 5.41) is 8.83. The van der Waals surface area contributed by atoms with E-state index in [2.05, 4.69) is 22.9 Å². The number of Topliss-reactive ketones (excluding diaryl/α,β-unsaturated/α-hetero) is 1. The minimum atomic E-state index is -0.580. The lowest BCUT2D eigenvalue weighted by molar-refractivity contribution is -0.136. The smallest absolute Gasteiger partial charge is 0.237 e. The minimum absolute atomic E-state index is 0.0192. The van der Waals surface area contributed by atoms with Gasteiger partial charge in [0.25, 0.3) is 0 Å². The first-order valence-electron chi connectivity index (χ1n) is 11.1. The number of benzene rings is 1. The van der Waals surface area contributed by atoms with E-state index in [1.165, 1.54) is 5.56 Å². The molecule has 0 spiro atoms. The zero-order valence-electron chi connectivity index (χ0n) is 18.9. The van der Waals surface area contributed by atoms with Crippen molar-refractivity contribution in [1.82, 2.24) is 16.0 Å². The molecule has 0 radical (unpaired) electrons. The number of amides is 2. The summed E-state index contributed by atoms with van der Waals surface area (Å²) in [5.41, 5.74) is 1.17. The van der Waals surface area contributed by atoms with Crippen LogP contribution in [-0.2, 0) is 20.8 Å². The third-order valence-corrected chi connectivity index (χ3v) is 6.15. The Morgan fingerprint density at radius 1 is 1.03 bits per heavy atom. The zero-order chi connectivity index (χ0) is 22.3. The van der Waals surface area contributed by atoms with Crippen LogP contribution in [0.1, 0.15) is 46.1 Å². The van der Waals surface area contributed by atoms with Crippen molar-refractivity contribution >= 4 is 17.6 Å². The lowest BCUT2D eigenvalue weighted by Gasteiger charge is -2.28. The van der Waals surface area contributed by atoms with Crippen LogP contribution in [0.5, 0.6) is 0 Å². The maximum Gasteiger partial charge on any atom is 0.237 e. The van der Waals surface area contributed by atoms with Crippen molar-refractivity contribution in [3.8, 4) is 0 Å². The summed E-state index contributed by atoms with van der Waals surface area (Å²) < 4.78 is 0. The number of carbonyl (C=O) groups is 3. The number of likely N-dealkylation sites (N-methyl/N-ethyl adjacent to an activating group) is 1. The van der Waals surface area contributed by atoms with E-state index in [1.807, 2.05) is 44.2 Å². The van der Waals surface area contributed by atoms with Crippen LogP contribution in [-0.4, -0.2) is 43.3 Å². The molecule has 1 saturated carbocycles. The highest BCUT2D eigenvalue weighted by molar-refractivity contribution is 5.95. The third-order valence-electron chi connectivity index (χ3n) is 6.15. The average molecular weight is 416 g/mol. The van der Waals surface area contributed by atoms with Crippen LogP contribution in [0.25, 0.3) is 0 Å². The van der Waals surface area contributed by atoms with Gasteiger partial charge in [0.15, 0.2) is 5.78 Å². The molecule has 6 heteroatoms. The van der Waals surface area contributed by atoms with Gasteiger partial charge in [-0.25, -0.2) is 0 Å². The average Bonchev–Trinajstić information content (AvgIpc) is 3.13. The summed E-state index contributed by atoms with van der Waals surface area (Å²) in [5.74, 6) is -0.677. The van der Waals surface area contributed by atoms with E-state index in [-0.39, 0.29) is 41.4 Å². The third kappa shape index (κ3) is 6.39. The number of hydrogen-bond donors (Lipinski definition) is 3. The first kappa shape index (κ1) is 24.1. The molecule has 0 aliphatic heterocycles. The lowest BCUT2D eigenvalue weighted by Crippen LogP contribution is -2.52. The van der Waals surface area contributed by atoms with E-state index in [0.717, 1.165) is 6.42 Å². The largest absolute Gasteiger partial charge is 0.356 e. The molecule has 0 saturated heterocycles. The second kappa shape index (κ2) is 11.3. The molecule has 1 fully saturated rings. The molecule has 0 aromatic heterocycles. The van der Waals surface area contributed by atoms with E-state index in [9.17, 15) is 14.4 Å². The second-order valence-electron chi connectivity index (χ2n) is 8.96. The number of rotatable bonds is 10. The van der Waals surface area contributed by atoms with E-state index in [4.69, 9.17) is 0 Å². The quantitative estimate of drug-likeness (QED) is 0.547. The minimum Gasteiger partial charge on any atom is -0.356 e. The maximum atomic E-state index is 13.4. The first-order valence-corrected chi connectivity index (χ1v) is 11.1.